The number of rotatable bonds is 1. The third-order valence-corrected chi connectivity index (χ3v) is 3.36. The zero-order valence-corrected chi connectivity index (χ0v) is 7.87. The fourth-order valence-electron chi connectivity index (χ4n) is 2.69. The van der Waals surface area contributed by atoms with Crippen molar-refractivity contribution in [2.24, 2.45) is 5.11 Å². The van der Waals surface area contributed by atoms with Gasteiger partial charge in [0.1, 0.15) is 0 Å². The van der Waals surface area contributed by atoms with Crippen LogP contribution in [-0.4, -0.2) is 18.1 Å². The fourth-order valence-corrected chi connectivity index (χ4v) is 2.69. The molecule has 0 amide bonds. The Morgan fingerprint density at radius 3 is 2.77 bits per heavy atom. The molecule has 1 N–H and O–H groups in total. The van der Waals surface area contributed by atoms with Gasteiger partial charge in [-0.3, -0.25) is 0 Å². The summed E-state index contributed by atoms with van der Waals surface area (Å²) in [5.74, 6) is 0. The third-order valence-electron chi connectivity index (χ3n) is 3.36. The molecular formula is C9H16N4. The minimum Gasteiger partial charge on any atom is -0.311 e. The van der Waals surface area contributed by atoms with Gasteiger partial charge in [-0.15, -0.1) is 0 Å². The number of azide groups is 1. The first-order valence-electron chi connectivity index (χ1n) is 5.14. The van der Waals surface area contributed by atoms with Crippen molar-refractivity contribution in [2.45, 2.75) is 50.1 Å². The lowest BCUT2D eigenvalue weighted by molar-refractivity contribution is 0.262. The quantitative estimate of drug-likeness (QED) is 0.376. The Bertz CT molecular complexity index is 226. The molecule has 2 fully saturated rings. The predicted molar refractivity (Wildman–Crippen MR) is 51.4 cm³/mol. The van der Waals surface area contributed by atoms with Crippen molar-refractivity contribution in [2.75, 3.05) is 6.54 Å². The van der Waals surface area contributed by atoms with Crippen LogP contribution in [0.25, 0.3) is 10.4 Å². The Morgan fingerprint density at radius 2 is 2.08 bits per heavy atom. The molecule has 0 aromatic heterocycles. The number of hydrogen-bond acceptors (Lipinski definition) is 2. The van der Waals surface area contributed by atoms with E-state index >= 15 is 0 Å². The molecule has 1 aliphatic carbocycles. The zero-order chi connectivity index (χ0) is 9.15. The van der Waals surface area contributed by atoms with Crippen molar-refractivity contribution in [3.05, 3.63) is 10.4 Å². The highest BCUT2D eigenvalue weighted by atomic mass is 15.2. The SMILES string of the molecule is [N-]=[N+]=NC1CNC2(CCCCC2)C1. The van der Waals surface area contributed by atoms with Gasteiger partial charge in [-0.1, -0.05) is 24.4 Å². The Labute approximate surface area is 78.3 Å². The molecule has 2 rings (SSSR count). The molecule has 1 spiro atoms. The molecule has 0 radical (unpaired) electrons. The average Bonchev–Trinajstić information content (AvgIpc) is 2.51. The highest BCUT2D eigenvalue weighted by molar-refractivity contribution is 5.00. The van der Waals surface area contributed by atoms with Gasteiger partial charge < -0.3 is 5.32 Å². The van der Waals surface area contributed by atoms with Gasteiger partial charge in [0.05, 0.1) is 6.04 Å². The van der Waals surface area contributed by atoms with Crippen molar-refractivity contribution < 1.29 is 0 Å². The van der Waals surface area contributed by atoms with E-state index in [0.717, 1.165) is 13.0 Å². The van der Waals surface area contributed by atoms with Crippen molar-refractivity contribution >= 4 is 0 Å². The average molecular weight is 180 g/mol. The van der Waals surface area contributed by atoms with E-state index in [2.05, 4.69) is 15.3 Å². The van der Waals surface area contributed by atoms with Crippen LogP contribution in [0.4, 0.5) is 0 Å². The molecule has 1 saturated carbocycles. The van der Waals surface area contributed by atoms with Gasteiger partial charge in [-0.25, -0.2) is 0 Å². The van der Waals surface area contributed by atoms with E-state index in [4.69, 9.17) is 5.53 Å². The van der Waals surface area contributed by atoms with E-state index in [0.29, 0.717) is 5.54 Å². The van der Waals surface area contributed by atoms with E-state index in [1.807, 2.05) is 0 Å². The Hall–Kier alpha value is -0.730. The van der Waals surface area contributed by atoms with Crippen molar-refractivity contribution in [3.8, 4) is 0 Å². The fraction of sp³-hybridized carbons (Fsp3) is 1.00. The van der Waals surface area contributed by atoms with Crippen LogP contribution in [0.1, 0.15) is 38.5 Å². The van der Waals surface area contributed by atoms with Crippen molar-refractivity contribution in [1.82, 2.24) is 5.32 Å². The highest BCUT2D eigenvalue weighted by Crippen LogP contribution is 2.35. The molecule has 0 aromatic carbocycles. The molecular weight excluding hydrogens is 164 g/mol. The second-order valence-corrected chi connectivity index (χ2v) is 4.28. The maximum absolute atomic E-state index is 8.34. The smallest absolute Gasteiger partial charge is 0.0516 e. The number of nitrogens with one attached hydrogen (secondary N) is 1. The zero-order valence-electron chi connectivity index (χ0n) is 7.87. The minimum atomic E-state index is 0.197. The largest absolute Gasteiger partial charge is 0.311 e. The van der Waals surface area contributed by atoms with Crippen LogP contribution in [0.15, 0.2) is 5.11 Å². The first kappa shape index (κ1) is 8.85. The van der Waals surface area contributed by atoms with Gasteiger partial charge in [0, 0.05) is 17.0 Å². The van der Waals surface area contributed by atoms with Crippen LogP contribution >= 0.6 is 0 Å². The molecule has 4 heteroatoms. The molecule has 1 unspecified atom stereocenters. The molecule has 13 heavy (non-hydrogen) atoms. The second kappa shape index (κ2) is 3.56. The summed E-state index contributed by atoms with van der Waals surface area (Å²) in [5, 5.41) is 7.33. The summed E-state index contributed by atoms with van der Waals surface area (Å²) in [6.07, 6.45) is 7.62. The standard InChI is InChI=1S/C9H16N4/c10-13-12-8-6-9(11-7-8)4-2-1-3-5-9/h8,11H,1-7H2. The predicted octanol–water partition coefficient (Wildman–Crippen LogP) is 2.36. The Kier molecular flexibility index (Phi) is 2.42. The highest BCUT2D eigenvalue weighted by Gasteiger charge is 2.38. The maximum Gasteiger partial charge on any atom is 0.0516 e. The molecule has 1 aliphatic heterocycles. The summed E-state index contributed by atoms with van der Waals surface area (Å²) in [6.45, 7) is 0.879. The first-order valence-corrected chi connectivity index (χ1v) is 5.14. The van der Waals surface area contributed by atoms with Gasteiger partial charge in [0.15, 0.2) is 0 Å². The van der Waals surface area contributed by atoms with Gasteiger partial charge in [-0.2, -0.15) is 0 Å². The lowest BCUT2D eigenvalue weighted by Gasteiger charge is -2.33. The molecule has 2 aliphatic rings. The van der Waals surface area contributed by atoms with E-state index in [-0.39, 0.29) is 6.04 Å². The summed E-state index contributed by atoms with van der Waals surface area (Å²) in [6, 6.07) is 0.197. The number of hydrogen-bond donors (Lipinski definition) is 1. The molecule has 72 valence electrons. The molecule has 0 bridgehead atoms. The Balaban J connectivity index is 1.98. The van der Waals surface area contributed by atoms with Gasteiger partial charge in [0.2, 0.25) is 0 Å². The minimum absolute atomic E-state index is 0.197. The van der Waals surface area contributed by atoms with Crippen LogP contribution in [0, 0.1) is 0 Å². The van der Waals surface area contributed by atoms with Gasteiger partial charge in [-0.05, 0) is 24.8 Å². The number of nitrogens with zero attached hydrogens (tertiary/aromatic N) is 3. The monoisotopic (exact) mass is 180 g/mol. The summed E-state index contributed by atoms with van der Waals surface area (Å²) in [7, 11) is 0. The summed E-state index contributed by atoms with van der Waals surface area (Å²) in [4.78, 5) is 2.88. The molecule has 0 aromatic rings. The van der Waals surface area contributed by atoms with Gasteiger partial charge >= 0.3 is 0 Å². The van der Waals surface area contributed by atoms with Crippen molar-refractivity contribution in [3.63, 3.8) is 0 Å². The maximum atomic E-state index is 8.34. The van der Waals surface area contributed by atoms with Gasteiger partial charge in [0.25, 0.3) is 0 Å². The Morgan fingerprint density at radius 1 is 1.31 bits per heavy atom. The topological polar surface area (TPSA) is 60.8 Å². The third kappa shape index (κ3) is 1.79. The lowest BCUT2D eigenvalue weighted by Crippen LogP contribution is -2.41. The van der Waals surface area contributed by atoms with Crippen LogP contribution < -0.4 is 5.32 Å². The molecule has 1 atom stereocenters. The van der Waals surface area contributed by atoms with Crippen LogP contribution in [0.2, 0.25) is 0 Å². The molecule has 1 heterocycles. The van der Waals surface area contributed by atoms with Crippen LogP contribution in [-0.2, 0) is 0 Å². The lowest BCUT2D eigenvalue weighted by atomic mass is 9.80. The molecule has 4 nitrogen and oxygen atoms in total. The summed E-state index contributed by atoms with van der Waals surface area (Å²) < 4.78 is 0. The van der Waals surface area contributed by atoms with Crippen LogP contribution in [0.3, 0.4) is 0 Å². The summed E-state index contributed by atoms with van der Waals surface area (Å²) >= 11 is 0. The van der Waals surface area contributed by atoms with E-state index in [1.165, 1.54) is 32.1 Å². The normalized spacial score (nSPS) is 31.5. The summed E-state index contributed by atoms with van der Waals surface area (Å²) in [5.41, 5.74) is 8.67. The van der Waals surface area contributed by atoms with E-state index in [9.17, 15) is 0 Å². The van der Waals surface area contributed by atoms with E-state index in [1.54, 1.807) is 0 Å². The van der Waals surface area contributed by atoms with Crippen molar-refractivity contribution in [1.29, 1.82) is 0 Å². The first-order chi connectivity index (χ1) is 6.35. The molecule has 1 saturated heterocycles. The van der Waals surface area contributed by atoms with Crippen LogP contribution in [0.5, 0.6) is 0 Å². The second-order valence-electron chi connectivity index (χ2n) is 4.28. The van der Waals surface area contributed by atoms with E-state index < -0.39 is 0 Å².